The maximum absolute atomic E-state index is 11.9. The van der Waals surface area contributed by atoms with E-state index in [1.165, 1.54) is 0 Å². The fraction of sp³-hybridized carbons (Fsp3) is 0.923. The van der Waals surface area contributed by atoms with Gasteiger partial charge < -0.3 is 5.73 Å². The van der Waals surface area contributed by atoms with E-state index in [2.05, 4.69) is 0 Å². The van der Waals surface area contributed by atoms with Gasteiger partial charge in [0, 0.05) is 18.1 Å². The summed E-state index contributed by atoms with van der Waals surface area (Å²) in [6.07, 6.45) is 4.60. The van der Waals surface area contributed by atoms with Crippen LogP contribution in [0.15, 0.2) is 0 Å². The largest absolute Gasteiger partial charge is 0.330 e. The lowest BCUT2D eigenvalue weighted by molar-refractivity contribution is -0.123. The summed E-state index contributed by atoms with van der Waals surface area (Å²) in [6.45, 7) is 2.54. The summed E-state index contributed by atoms with van der Waals surface area (Å²) in [6, 6.07) is 0. The maximum Gasteiger partial charge on any atom is 0.150 e. The highest BCUT2D eigenvalue weighted by Gasteiger charge is 2.26. The molecular weight excluding hydrogens is 250 g/mol. The van der Waals surface area contributed by atoms with Crippen LogP contribution in [0.3, 0.4) is 0 Å². The number of nitrogens with two attached hydrogens (primary N) is 1. The molecule has 0 radical (unpaired) electrons. The molecule has 0 saturated heterocycles. The van der Waals surface area contributed by atoms with Crippen molar-refractivity contribution in [1.29, 1.82) is 0 Å². The van der Waals surface area contributed by atoms with Crippen molar-refractivity contribution in [2.75, 3.05) is 18.1 Å². The van der Waals surface area contributed by atoms with E-state index >= 15 is 0 Å². The summed E-state index contributed by atoms with van der Waals surface area (Å²) in [7, 11) is -3.02. The Balaban J connectivity index is 2.34. The second kappa shape index (κ2) is 7.24. The summed E-state index contributed by atoms with van der Waals surface area (Å²) in [4.78, 5) is 11.9. The lowest BCUT2D eigenvalue weighted by Gasteiger charge is -2.26. The van der Waals surface area contributed by atoms with E-state index in [0.717, 1.165) is 25.7 Å². The van der Waals surface area contributed by atoms with E-state index in [1.807, 2.05) is 6.92 Å². The highest BCUT2D eigenvalue weighted by atomic mass is 32.2. The molecular formula is C13H25NO3S. The SMILES string of the molecule is CCCS(=O)(=O)CCC(=O)C1CCC(CN)CC1. The van der Waals surface area contributed by atoms with Gasteiger partial charge in [-0.15, -0.1) is 0 Å². The molecule has 1 fully saturated rings. The second-order valence-corrected chi connectivity index (χ2v) is 7.63. The molecule has 5 heteroatoms. The molecule has 4 nitrogen and oxygen atoms in total. The molecule has 0 aliphatic heterocycles. The first kappa shape index (κ1) is 15.6. The minimum Gasteiger partial charge on any atom is -0.330 e. The zero-order valence-corrected chi connectivity index (χ0v) is 12.0. The highest BCUT2D eigenvalue weighted by Crippen LogP contribution is 2.29. The molecule has 0 heterocycles. The molecule has 1 rings (SSSR count). The van der Waals surface area contributed by atoms with E-state index in [0.29, 0.717) is 18.9 Å². The third kappa shape index (κ3) is 5.06. The van der Waals surface area contributed by atoms with E-state index in [-0.39, 0.29) is 29.6 Å². The number of Topliss-reactive ketones (excluding diaryl/α,β-unsaturated/α-hetero) is 1. The molecule has 0 bridgehead atoms. The van der Waals surface area contributed by atoms with Gasteiger partial charge in [0.15, 0.2) is 9.84 Å². The fourth-order valence-electron chi connectivity index (χ4n) is 2.59. The number of sulfone groups is 1. The zero-order chi connectivity index (χ0) is 13.6. The molecule has 2 N–H and O–H groups in total. The lowest BCUT2D eigenvalue weighted by atomic mass is 9.79. The van der Waals surface area contributed by atoms with E-state index in [4.69, 9.17) is 5.73 Å². The van der Waals surface area contributed by atoms with Crippen molar-refractivity contribution in [1.82, 2.24) is 0 Å². The highest BCUT2D eigenvalue weighted by molar-refractivity contribution is 7.91. The number of hydrogen-bond donors (Lipinski definition) is 1. The second-order valence-electron chi connectivity index (χ2n) is 5.32. The van der Waals surface area contributed by atoms with Crippen LogP contribution in [0.4, 0.5) is 0 Å². The summed E-state index contributed by atoms with van der Waals surface area (Å²) >= 11 is 0. The van der Waals surface area contributed by atoms with Crippen LogP contribution < -0.4 is 5.73 Å². The molecule has 0 unspecified atom stereocenters. The lowest BCUT2D eigenvalue weighted by Crippen LogP contribution is -2.27. The predicted octanol–water partition coefficient (Wildman–Crippen LogP) is 1.54. The summed E-state index contributed by atoms with van der Waals surface area (Å²) in [5.41, 5.74) is 5.61. The van der Waals surface area contributed by atoms with Gasteiger partial charge >= 0.3 is 0 Å². The Hall–Kier alpha value is -0.420. The van der Waals surface area contributed by atoms with Crippen molar-refractivity contribution < 1.29 is 13.2 Å². The Kier molecular flexibility index (Phi) is 6.29. The Bertz CT molecular complexity index is 356. The van der Waals surface area contributed by atoms with Crippen LogP contribution in [0.25, 0.3) is 0 Å². The first-order chi connectivity index (χ1) is 8.48. The molecule has 0 spiro atoms. The van der Waals surface area contributed by atoms with Crippen LogP contribution >= 0.6 is 0 Å². The number of carbonyl (C=O) groups excluding carboxylic acids is 1. The van der Waals surface area contributed by atoms with Gasteiger partial charge in [-0.3, -0.25) is 4.79 Å². The summed E-state index contributed by atoms with van der Waals surface area (Å²) in [5.74, 6) is 0.976. The van der Waals surface area contributed by atoms with Gasteiger partial charge in [0.05, 0.1) is 5.75 Å². The van der Waals surface area contributed by atoms with Crippen LogP contribution in [0.5, 0.6) is 0 Å². The molecule has 0 aromatic carbocycles. The van der Waals surface area contributed by atoms with Crippen LogP contribution in [0.1, 0.15) is 45.4 Å². The molecule has 1 saturated carbocycles. The van der Waals surface area contributed by atoms with Crippen molar-refractivity contribution in [3.05, 3.63) is 0 Å². The van der Waals surface area contributed by atoms with Crippen molar-refractivity contribution in [2.24, 2.45) is 17.6 Å². The minimum atomic E-state index is -3.02. The molecule has 0 aromatic rings. The Morgan fingerprint density at radius 2 is 1.78 bits per heavy atom. The number of rotatable bonds is 7. The monoisotopic (exact) mass is 275 g/mol. The number of ketones is 1. The van der Waals surface area contributed by atoms with Gasteiger partial charge in [-0.1, -0.05) is 6.92 Å². The van der Waals surface area contributed by atoms with Crippen molar-refractivity contribution in [3.8, 4) is 0 Å². The Morgan fingerprint density at radius 1 is 1.17 bits per heavy atom. The molecule has 0 aromatic heterocycles. The van der Waals surface area contributed by atoms with Crippen molar-refractivity contribution in [3.63, 3.8) is 0 Å². The van der Waals surface area contributed by atoms with E-state index < -0.39 is 9.84 Å². The third-order valence-corrected chi connectivity index (χ3v) is 5.67. The normalized spacial score (nSPS) is 25.0. The molecule has 1 aliphatic rings. The Morgan fingerprint density at radius 3 is 2.28 bits per heavy atom. The quantitative estimate of drug-likeness (QED) is 0.764. The van der Waals surface area contributed by atoms with Gasteiger partial charge in [-0.2, -0.15) is 0 Å². The molecule has 0 amide bonds. The van der Waals surface area contributed by atoms with Gasteiger partial charge in [-0.05, 0) is 44.6 Å². The van der Waals surface area contributed by atoms with Crippen LogP contribution in [-0.4, -0.2) is 32.3 Å². The predicted molar refractivity (Wildman–Crippen MR) is 73.1 cm³/mol. The number of hydrogen-bond acceptors (Lipinski definition) is 4. The fourth-order valence-corrected chi connectivity index (χ4v) is 3.93. The molecule has 1 aliphatic carbocycles. The first-order valence-electron chi connectivity index (χ1n) is 6.91. The molecule has 18 heavy (non-hydrogen) atoms. The smallest absolute Gasteiger partial charge is 0.150 e. The van der Waals surface area contributed by atoms with Gasteiger partial charge in [-0.25, -0.2) is 8.42 Å². The maximum atomic E-state index is 11.9. The summed E-state index contributed by atoms with van der Waals surface area (Å²) < 4.78 is 23.1. The van der Waals surface area contributed by atoms with Crippen molar-refractivity contribution in [2.45, 2.75) is 45.4 Å². The van der Waals surface area contributed by atoms with Gasteiger partial charge in [0.2, 0.25) is 0 Å². The standard InChI is InChI=1S/C13H25NO3S/c1-2-8-18(16,17)9-7-13(15)12-5-3-11(10-14)4-6-12/h11-12H,2-10,14H2,1H3. The van der Waals surface area contributed by atoms with Crippen LogP contribution in [-0.2, 0) is 14.6 Å². The van der Waals surface area contributed by atoms with Crippen LogP contribution in [0.2, 0.25) is 0 Å². The zero-order valence-electron chi connectivity index (χ0n) is 11.2. The third-order valence-electron chi connectivity index (χ3n) is 3.81. The Labute approximate surface area is 110 Å². The topological polar surface area (TPSA) is 77.2 Å². The van der Waals surface area contributed by atoms with Gasteiger partial charge in [0.25, 0.3) is 0 Å². The minimum absolute atomic E-state index is 0.0243. The average molecular weight is 275 g/mol. The summed E-state index contributed by atoms with van der Waals surface area (Å²) in [5, 5.41) is 0. The molecule has 106 valence electrons. The molecule has 0 atom stereocenters. The number of carbonyl (C=O) groups is 1. The van der Waals surface area contributed by atoms with Crippen molar-refractivity contribution >= 4 is 15.6 Å². The van der Waals surface area contributed by atoms with Crippen LogP contribution in [0, 0.1) is 11.8 Å². The average Bonchev–Trinajstić information content (AvgIpc) is 2.36. The van der Waals surface area contributed by atoms with E-state index in [9.17, 15) is 13.2 Å². The van der Waals surface area contributed by atoms with E-state index in [1.54, 1.807) is 0 Å². The first-order valence-corrected chi connectivity index (χ1v) is 8.74. The van der Waals surface area contributed by atoms with Gasteiger partial charge in [0.1, 0.15) is 5.78 Å².